The maximum atomic E-state index is 11.4. The summed E-state index contributed by atoms with van der Waals surface area (Å²) < 4.78 is 0. The van der Waals surface area contributed by atoms with Crippen LogP contribution in [0.5, 0.6) is 0 Å². The second kappa shape index (κ2) is 7.88. The van der Waals surface area contributed by atoms with Crippen molar-refractivity contribution >= 4 is 5.91 Å². The van der Waals surface area contributed by atoms with Gasteiger partial charge in [0.05, 0.1) is 0 Å². The van der Waals surface area contributed by atoms with E-state index in [-0.39, 0.29) is 5.91 Å². The van der Waals surface area contributed by atoms with E-state index in [1.165, 1.54) is 16.7 Å². The number of carbonyl (C=O) groups is 1. The van der Waals surface area contributed by atoms with Crippen molar-refractivity contribution in [1.82, 2.24) is 10.6 Å². The van der Waals surface area contributed by atoms with Crippen molar-refractivity contribution < 1.29 is 4.79 Å². The molecule has 1 aromatic rings. The van der Waals surface area contributed by atoms with E-state index < -0.39 is 0 Å². The average molecular weight is 248 g/mol. The fourth-order valence-electron chi connectivity index (χ4n) is 1.90. The third kappa shape index (κ3) is 4.88. The van der Waals surface area contributed by atoms with E-state index in [0.717, 1.165) is 26.1 Å². The number of benzene rings is 1. The molecule has 0 spiro atoms. The zero-order valence-corrected chi connectivity index (χ0v) is 11.7. The number of rotatable bonds is 7. The number of nitrogens with one attached hydrogen (secondary N) is 2. The van der Waals surface area contributed by atoms with Crippen LogP contribution in [0.1, 0.15) is 36.5 Å². The Bertz CT molecular complexity index is 368. The maximum absolute atomic E-state index is 11.4. The Morgan fingerprint density at radius 2 is 1.83 bits per heavy atom. The lowest BCUT2D eigenvalue weighted by Gasteiger charge is -2.10. The number of carbonyl (C=O) groups excluding carboxylic acids is 1. The first kappa shape index (κ1) is 14.7. The number of amides is 1. The Balaban J connectivity index is 2.28. The molecule has 0 bridgehead atoms. The van der Waals surface area contributed by atoms with E-state index in [4.69, 9.17) is 0 Å². The van der Waals surface area contributed by atoms with Crippen LogP contribution >= 0.6 is 0 Å². The van der Waals surface area contributed by atoms with Gasteiger partial charge < -0.3 is 10.6 Å². The lowest BCUT2D eigenvalue weighted by atomic mass is 10.0. The summed E-state index contributed by atoms with van der Waals surface area (Å²) in [7, 11) is 0. The van der Waals surface area contributed by atoms with Gasteiger partial charge in [0.2, 0.25) is 5.91 Å². The third-order valence-electron chi connectivity index (χ3n) is 3.05. The molecule has 0 unspecified atom stereocenters. The summed E-state index contributed by atoms with van der Waals surface area (Å²) in [5.74, 6) is 0.130. The molecule has 0 aliphatic rings. The SMILES string of the molecule is CCCNC(=O)CCNCc1c(C)cccc1C. The van der Waals surface area contributed by atoms with E-state index in [2.05, 4.69) is 49.6 Å². The molecular formula is C15H24N2O. The highest BCUT2D eigenvalue weighted by Gasteiger charge is 2.02. The molecule has 0 saturated carbocycles. The predicted octanol–water partition coefficient (Wildman–Crippen LogP) is 2.31. The molecule has 0 atom stereocenters. The quantitative estimate of drug-likeness (QED) is 0.727. The molecule has 0 heterocycles. The first-order chi connectivity index (χ1) is 8.65. The Hall–Kier alpha value is -1.35. The average Bonchev–Trinajstić information content (AvgIpc) is 2.35. The van der Waals surface area contributed by atoms with Crippen molar-refractivity contribution in [3.63, 3.8) is 0 Å². The summed E-state index contributed by atoms with van der Waals surface area (Å²) in [4.78, 5) is 11.4. The van der Waals surface area contributed by atoms with E-state index in [1.54, 1.807) is 0 Å². The van der Waals surface area contributed by atoms with Crippen molar-refractivity contribution in [2.45, 2.75) is 40.2 Å². The van der Waals surface area contributed by atoms with Crippen LogP contribution in [0.3, 0.4) is 0 Å². The predicted molar refractivity (Wildman–Crippen MR) is 75.5 cm³/mol. The van der Waals surface area contributed by atoms with Gasteiger partial charge in [0.1, 0.15) is 0 Å². The molecule has 0 aromatic heterocycles. The lowest BCUT2D eigenvalue weighted by molar-refractivity contribution is -0.120. The fraction of sp³-hybridized carbons (Fsp3) is 0.533. The summed E-state index contributed by atoms with van der Waals surface area (Å²) in [6, 6.07) is 6.32. The van der Waals surface area contributed by atoms with Gasteiger partial charge in [0, 0.05) is 26.1 Å². The van der Waals surface area contributed by atoms with Crippen LogP contribution in [0.4, 0.5) is 0 Å². The van der Waals surface area contributed by atoms with Gasteiger partial charge in [-0.15, -0.1) is 0 Å². The minimum absolute atomic E-state index is 0.130. The molecule has 100 valence electrons. The van der Waals surface area contributed by atoms with E-state index >= 15 is 0 Å². The van der Waals surface area contributed by atoms with Crippen LogP contribution in [0.2, 0.25) is 0 Å². The zero-order chi connectivity index (χ0) is 13.4. The molecule has 0 saturated heterocycles. The van der Waals surface area contributed by atoms with Crippen molar-refractivity contribution in [1.29, 1.82) is 0 Å². The molecule has 3 heteroatoms. The molecule has 1 rings (SSSR count). The minimum atomic E-state index is 0.130. The first-order valence-corrected chi connectivity index (χ1v) is 6.67. The topological polar surface area (TPSA) is 41.1 Å². The Morgan fingerprint density at radius 3 is 2.44 bits per heavy atom. The summed E-state index contributed by atoms with van der Waals surface area (Å²) in [6.07, 6.45) is 1.53. The molecule has 1 aromatic carbocycles. The zero-order valence-electron chi connectivity index (χ0n) is 11.7. The molecule has 0 aliphatic carbocycles. The summed E-state index contributed by atoms with van der Waals surface area (Å²) >= 11 is 0. The number of hydrogen-bond donors (Lipinski definition) is 2. The molecule has 3 nitrogen and oxygen atoms in total. The van der Waals surface area contributed by atoms with Gasteiger partial charge in [-0.2, -0.15) is 0 Å². The summed E-state index contributed by atoms with van der Waals surface area (Å²) in [5, 5.41) is 6.20. The Labute approximate surface area is 110 Å². The van der Waals surface area contributed by atoms with Crippen LogP contribution in [0.15, 0.2) is 18.2 Å². The normalized spacial score (nSPS) is 10.4. The molecular weight excluding hydrogens is 224 g/mol. The second-order valence-electron chi connectivity index (χ2n) is 4.65. The molecule has 18 heavy (non-hydrogen) atoms. The van der Waals surface area contributed by atoms with Crippen molar-refractivity contribution in [2.24, 2.45) is 0 Å². The van der Waals surface area contributed by atoms with Gasteiger partial charge in [0.15, 0.2) is 0 Å². The molecule has 0 aliphatic heterocycles. The van der Waals surface area contributed by atoms with Gasteiger partial charge in [-0.05, 0) is 37.0 Å². The summed E-state index contributed by atoms with van der Waals surface area (Å²) in [5.41, 5.74) is 3.95. The Kier molecular flexibility index (Phi) is 6.44. The van der Waals surface area contributed by atoms with Crippen molar-refractivity contribution in [2.75, 3.05) is 13.1 Å². The first-order valence-electron chi connectivity index (χ1n) is 6.67. The minimum Gasteiger partial charge on any atom is -0.356 e. The van der Waals surface area contributed by atoms with Crippen LogP contribution < -0.4 is 10.6 Å². The van der Waals surface area contributed by atoms with Crippen LogP contribution in [-0.2, 0) is 11.3 Å². The van der Waals surface area contributed by atoms with E-state index in [9.17, 15) is 4.79 Å². The second-order valence-corrected chi connectivity index (χ2v) is 4.65. The monoisotopic (exact) mass is 248 g/mol. The lowest BCUT2D eigenvalue weighted by Crippen LogP contribution is -2.28. The molecule has 2 N–H and O–H groups in total. The van der Waals surface area contributed by atoms with Crippen molar-refractivity contribution in [3.8, 4) is 0 Å². The van der Waals surface area contributed by atoms with Crippen LogP contribution in [0.25, 0.3) is 0 Å². The smallest absolute Gasteiger partial charge is 0.221 e. The van der Waals surface area contributed by atoms with Gasteiger partial charge in [-0.1, -0.05) is 25.1 Å². The third-order valence-corrected chi connectivity index (χ3v) is 3.05. The van der Waals surface area contributed by atoms with Crippen LogP contribution in [0, 0.1) is 13.8 Å². The highest BCUT2D eigenvalue weighted by molar-refractivity contribution is 5.75. The van der Waals surface area contributed by atoms with Gasteiger partial charge in [-0.25, -0.2) is 0 Å². The number of aryl methyl sites for hydroxylation is 2. The van der Waals surface area contributed by atoms with Crippen LogP contribution in [-0.4, -0.2) is 19.0 Å². The maximum Gasteiger partial charge on any atom is 0.221 e. The van der Waals surface area contributed by atoms with Gasteiger partial charge >= 0.3 is 0 Å². The highest BCUT2D eigenvalue weighted by atomic mass is 16.1. The number of hydrogen-bond acceptors (Lipinski definition) is 2. The largest absolute Gasteiger partial charge is 0.356 e. The van der Waals surface area contributed by atoms with E-state index in [1.807, 2.05) is 0 Å². The van der Waals surface area contributed by atoms with E-state index in [0.29, 0.717) is 6.42 Å². The van der Waals surface area contributed by atoms with Gasteiger partial charge in [-0.3, -0.25) is 4.79 Å². The van der Waals surface area contributed by atoms with Gasteiger partial charge in [0.25, 0.3) is 0 Å². The Morgan fingerprint density at radius 1 is 1.17 bits per heavy atom. The standard InChI is InChI=1S/C15H24N2O/c1-4-9-17-15(18)8-10-16-11-14-12(2)6-5-7-13(14)3/h5-7,16H,4,8-11H2,1-3H3,(H,17,18). The highest BCUT2D eigenvalue weighted by Crippen LogP contribution is 2.12. The fourth-order valence-corrected chi connectivity index (χ4v) is 1.90. The molecule has 1 amide bonds. The molecule has 0 radical (unpaired) electrons. The summed E-state index contributed by atoms with van der Waals surface area (Å²) in [6.45, 7) is 8.63. The molecule has 0 fully saturated rings. The van der Waals surface area contributed by atoms with Crippen molar-refractivity contribution in [3.05, 3.63) is 34.9 Å².